The third kappa shape index (κ3) is 2.20. The topological polar surface area (TPSA) is 47.3 Å². The lowest BCUT2D eigenvalue weighted by molar-refractivity contribution is 0.152. The molecule has 1 saturated heterocycles. The van der Waals surface area contributed by atoms with E-state index in [9.17, 15) is 0 Å². The van der Waals surface area contributed by atoms with Crippen LogP contribution in [-0.4, -0.2) is 35.7 Å². The van der Waals surface area contributed by atoms with Gasteiger partial charge in [-0.25, -0.2) is 0 Å². The molecule has 3 nitrogen and oxygen atoms in total. The Bertz CT molecular complexity index is 176. The third-order valence-electron chi connectivity index (χ3n) is 2.44. The zero-order chi connectivity index (χ0) is 8.97. The van der Waals surface area contributed by atoms with E-state index in [-0.39, 0.29) is 12.5 Å². The van der Waals surface area contributed by atoms with Crippen LogP contribution in [0.2, 0.25) is 0 Å². The standard InChI is InChI=1S/C9H16N2O/c1-8(5-10)6-11-4-2-3-9(11)7-12/h8-9,12H,2-4,6-7H2,1H3. The normalized spacial score (nSPS) is 26.9. The van der Waals surface area contributed by atoms with Crippen molar-refractivity contribution in [3.8, 4) is 6.07 Å². The molecule has 2 atom stereocenters. The van der Waals surface area contributed by atoms with Crippen molar-refractivity contribution in [2.24, 2.45) is 5.92 Å². The minimum absolute atomic E-state index is 0.0807. The van der Waals surface area contributed by atoms with Crippen LogP contribution in [-0.2, 0) is 0 Å². The Morgan fingerprint density at radius 3 is 3.08 bits per heavy atom. The van der Waals surface area contributed by atoms with Crippen molar-refractivity contribution in [3.63, 3.8) is 0 Å². The molecule has 2 unspecified atom stereocenters. The van der Waals surface area contributed by atoms with Gasteiger partial charge in [-0.2, -0.15) is 5.26 Å². The molecule has 0 radical (unpaired) electrons. The molecule has 1 aliphatic rings. The van der Waals surface area contributed by atoms with Crippen molar-refractivity contribution in [1.82, 2.24) is 4.90 Å². The molecule has 0 amide bonds. The predicted molar refractivity (Wildman–Crippen MR) is 46.5 cm³/mol. The Labute approximate surface area is 73.6 Å². The molecule has 68 valence electrons. The van der Waals surface area contributed by atoms with E-state index in [0.717, 1.165) is 25.9 Å². The first-order valence-electron chi connectivity index (χ1n) is 4.52. The molecule has 1 rings (SSSR count). The van der Waals surface area contributed by atoms with E-state index in [4.69, 9.17) is 10.4 Å². The number of likely N-dealkylation sites (tertiary alicyclic amines) is 1. The SMILES string of the molecule is CC(C#N)CN1CCCC1CO. The molecule has 12 heavy (non-hydrogen) atoms. The zero-order valence-electron chi connectivity index (χ0n) is 7.53. The summed E-state index contributed by atoms with van der Waals surface area (Å²) >= 11 is 0. The van der Waals surface area contributed by atoms with Gasteiger partial charge in [-0.1, -0.05) is 0 Å². The molecule has 0 aromatic heterocycles. The second-order valence-electron chi connectivity index (χ2n) is 3.50. The van der Waals surface area contributed by atoms with Crippen molar-refractivity contribution in [1.29, 1.82) is 5.26 Å². The fourth-order valence-electron chi connectivity index (χ4n) is 1.73. The zero-order valence-corrected chi connectivity index (χ0v) is 7.53. The maximum atomic E-state index is 9.00. The summed E-state index contributed by atoms with van der Waals surface area (Å²) in [4.78, 5) is 2.22. The number of aliphatic hydroxyl groups is 1. The van der Waals surface area contributed by atoms with Crippen LogP contribution in [0.5, 0.6) is 0 Å². The Morgan fingerprint density at radius 1 is 1.75 bits per heavy atom. The highest BCUT2D eigenvalue weighted by Crippen LogP contribution is 2.17. The Morgan fingerprint density at radius 2 is 2.50 bits per heavy atom. The van der Waals surface area contributed by atoms with Crippen molar-refractivity contribution >= 4 is 0 Å². The van der Waals surface area contributed by atoms with Gasteiger partial charge in [0.2, 0.25) is 0 Å². The highest BCUT2D eigenvalue weighted by molar-refractivity contribution is 4.86. The summed E-state index contributed by atoms with van der Waals surface area (Å²) in [7, 11) is 0. The molecule has 1 N–H and O–H groups in total. The molecule has 0 aromatic carbocycles. The maximum Gasteiger partial charge on any atom is 0.0666 e. The van der Waals surface area contributed by atoms with Crippen LogP contribution in [0, 0.1) is 17.2 Å². The summed E-state index contributed by atoms with van der Waals surface area (Å²) in [6, 6.07) is 2.52. The molecule has 0 aliphatic carbocycles. The number of nitriles is 1. The average molecular weight is 168 g/mol. The maximum absolute atomic E-state index is 9.00. The second-order valence-corrected chi connectivity index (χ2v) is 3.50. The molecule has 0 saturated carbocycles. The van der Waals surface area contributed by atoms with Crippen LogP contribution in [0.3, 0.4) is 0 Å². The molecule has 0 aromatic rings. The van der Waals surface area contributed by atoms with Gasteiger partial charge < -0.3 is 5.11 Å². The second kappa shape index (κ2) is 4.44. The van der Waals surface area contributed by atoms with Gasteiger partial charge in [0.25, 0.3) is 0 Å². The fraction of sp³-hybridized carbons (Fsp3) is 0.889. The van der Waals surface area contributed by atoms with Crippen molar-refractivity contribution in [3.05, 3.63) is 0 Å². The van der Waals surface area contributed by atoms with Gasteiger partial charge in [0, 0.05) is 12.6 Å². The van der Waals surface area contributed by atoms with E-state index in [1.54, 1.807) is 0 Å². The number of hydrogen-bond acceptors (Lipinski definition) is 3. The largest absolute Gasteiger partial charge is 0.395 e. The lowest BCUT2D eigenvalue weighted by Gasteiger charge is -2.23. The molecule has 1 aliphatic heterocycles. The lowest BCUT2D eigenvalue weighted by atomic mass is 10.2. The Hall–Kier alpha value is -0.590. The van der Waals surface area contributed by atoms with Gasteiger partial charge in [0.1, 0.15) is 0 Å². The van der Waals surface area contributed by atoms with Crippen molar-refractivity contribution in [2.45, 2.75) is 25.8 Å². The summed E-state index contributed by atoms with van der Waals surface area (Å²) in [6.07, 6.45) is 2.23. The van der Waals surface area contributed by atoms with E-state index in [2.05, 4.69) is 11.0 Å². The summed E-state index contributed by atoms with van der Waals surface area (Å²) < 4.78 is 0. The van der Waals surface area contributed by atoms with Crippen LogP contribution in [0.25, 0.3) is 0 Å². The average Bonchev–Trinajstić information content (AvgIpc) is 2.51. The van der Waals surface area contributed by atoms with Gasteiger partial charge in [-0.15, -0.1) is 0 Å². The quantitative estimate of drug-likeness (QED) is 0.671. The van der Waals surface area contributed by atoms with Gasteiger partial charge in [0.05, 0.1) is 18.6 Å². The molecule has 1 fully saturated rings. The van der Waals surface area contributed by atoms with Crippen LogP contribution >= 0.6 is 0 Å². The molecular weight excluding hydrogens is 152 g/mol. The van der Waals surface area contributed by atoms with E-state index in [1.807, 2.05) is 6.92 Å². The Kier molecular flexibility index (Phi) is 3.51. The summed E-state index contributed by atoms with van der Waals surface area (Å²) in [5.41, 5.74) is 0. The van der Waals surface area contributed by atoms with Crippen molar-refractivity contribution < 1.29 is 5.11 Å². The van der Waals surface area contributed by atoms with E-state index >= 15 is 0 Å². The van der Waals surface area contributed by atoms with Gasteiger partial charge >= 0.3 is 0 Å². The highest BCUT2D eigenvalue weighted by atomic mass is 16.3. The summed E-state index contributed by atoms with van der Waals surface area (Å²) in [5, 5.41) is 17.6. The van der Waals surface area contributed by atoms with Gasteiger partial charge in [0.15, 0.2) is 0 Å². The van der Waals surface area contributed by atoms with Crippen LogP contribution in [0.4, 0.5) is 0 Å². The predicted octanol–water partition coefficient (Wildman–Crippen LogP) is 0.603. The molecule has 0 bridgehead atoms. The van der Waals surface area contributed by atoms with Crippen LogP contribution < -0.4 is 0 Å². The molecule has 0 spiro atoms. The minimum atomic E-state index is 0.0807. The lowest BCUT2D eigenvalue weighted by Crippen LogP contribution is -2.35. The summed E-state index contributed by atoms with van der Waals surface area (Å²) in [5.74, 6) is 0.0807. The monoisotopic (exact) mass is 168 g/mol. The van der Waals surface area contributed by atoms with Crippen molar-refractivity contribution in [2.75, 3.05) is 19.7 Å². The summed E-state index contributed by atoms with van der Waals surface area (Å²) in [6.45, 7) is 4.00. The number of nitrogens with zero attached hydrogens (tertiary/aromatic N) is 2. The van der Waals surface area contributed by atoms with E-state index < -0.39 is 0 Å². The van der Waals surface area contributed by atoms with Crippen LogP contribution in [0.15, 0.2) is 0 Å². The number of rotatable bonds is 3. The Balaban J connectivity index is 2.36. The van der Waals surface area contributed by atoms with E-state index in [0.29, 0.717) is 6.04 Å². The highest BCUT2D eigenvalue weighted by Gasteiger charge is 2.24. The minimum Gasteiger partial charge on any atom is -0.395 e. The number of hydrogen-bond donors (Lipinski definition) is 1. The smallest absolute Gasteiger partial charge is 0.0666 e. The van der Waals surface area contributed by atoms with Crippen LogP contribution in [0.1, 0.15) is 19.8 Å². The first kappa shape index (κ1) is 9.50. The van der Waals surface area contributed by atoms with Gasteiger partial charge in [-0.05, 0) is 26.3 Å². The number of aliphatic hydroxyl groups excluding tert-OH is 1. The first-order valence-corrected chi connectivity index (χ1v) is 4.52. The molecule has 1 heterocycles. The fourth-order valence-corrected chi connectivity index (χ4v) is 1.73. The van der Waals surface area contributed by atoms with Gasteiger partial charge in [-0.3, -0.25) is 4.90 Å². The molecule has 3 heteroatoms. The molecular formula is C9H16N2O. The first-order chi connectivity index (χ1) is 5.77. The van der Waals surface area contributed by atoms with E-state index in [1.165, 1.54) is 0 Å². The third-order valence-corrected chi connectivity index (χ3v) is 2.44.